The van der Waals surface area contributed by atoms with Crippen LogP contribution < -0.4 is 4.72 Å². The summed E-state index contributed by atoms with van der Waals surface area (Å²) in [6.07, 6.45) is 1.05. The third-order valence-corrected chi connectivity index (χ3v) is 2.46. The van der Waals surface area contributed by atoms with Crippen LogP contribution in [0.15, 0.2) is 18.2 Å². The molecule has 0 heterocycles. The molecule has 0 aliphatic heterocycles. The second kappa shape index (κ2) is 7.02. The Morgan fingerprint density at radius 2 is 2.06 bits per heavy atom. The number of nitrogens with one attached hydrogen (secondary N) is 1. The first-order valence-electron chi connectivity index (χ1n) is 5.18. The molecule has 1 rings (SSSR count). The summed E-state index contributed by atoms with van der Waals surface area (Å²) in [6.45, 7) is 3.83. The molecule has 0 saturated heterocycles. The van der Waals surface area contributed by atoms with Gasteiger partial charge in [-0.05, 0) is 6.07 Å². The zero-order chi connectivity index (χ0) is 14.3. The molecule has 6 nitrogen and oxygen atoms in total. The van der Waals surface area contributed by atoms with Crippen molar-refractivity contribution in [2.45, 2.75) is 20.4 Å². The van der Waals surface area contributed by atoms with Crippen molar-refractivity contribution in [3.05, 3.63) is 39.7 Å². The molecule has 1 atom stereocenters. The normalized spacial score (nSPS) is 13.1. The zero-order valence-electron chi connectivity index (χ0n) is 10.3. The lowest BCUT2D eigenvalue weighted by atomic mass is 10.2. The van der Waals surface area contributed by atoms with Gasteiger partial charge in [-0.25, -0.2) is 8.60 Å². The lowest BCUT2D eigenvalue weighted by molar-refractivity contribution is -0.385. The number of halogens is 1. The summed E-state index contributed by atoms with van der Waals surface area (Å²) in [4.78, 5) is 9.61. The van der Waals surface area contributed by atoms with Crippen molar-refractivity contribution < 1.29 is 17.7 Å². The standard InChI is InChI=1S/C8H9FN2O4S.C2H6/c1-16(14,15)10-5-6-2-3-7(11(12)13)4-8(6)9;1-2/h2-4H,5H2,1H3,(H,10,14,15);1-2H3/p+1. The predicted molar refractivity (Wildman–Crippen MR) is 67.2 cm³/mol. The Hall–Kier alpha value is -1.54. The SMILES string of the molecule is CC.CS(=O)(=[OH+])NCc1ccc([N+](=O)[O-])cc1F. The molecule has 2 N–H and O–H groups in total. The maximum absolute atomic E-state index is 13.3. The number of non-ortho nitro benzene ring substituents is 1. The van der Waals surface area contributed by atoms with E-state index in [-0.39, 0.29) is 17.8 Å². The summed E-state index contributed by atoms with van der Waals surface area (Å²) in [7, 11) is -3.17. The molecule has 0 fully saturated rings. The maximum atomic E-state index is 13.3. The number of hydrogen-bond acceptors (Lipinski definition) is 3. The molecule has 1 aromatic carbocycles. The van der Waals surface area contributed by atoms with Crippen LogP contribution in [0.1, 0.15) is 19.4 Å². The van der Waals surface area contributed by atoms with E-state index in [0.29, 0.717) is 0 Å². The van der Waals surface area contributed by atoms with Gasteiger partial charge in [-0.1, -0.05) is 13.8 Å². The smallest absolute Gasteiger partial charge is 0.258 e. The molecule has 0 aromatic heterocycles. The minimum absolute atomic E-state index is 0.0919. The first-order valence-corrected chi connectivity index (χ1v) is 7.11. The van der Waals surface area contributed by atoms with E-state index in [1.54, 1.807) is 0 Å². The Balaban J connectivity index is 0.00000137. The van der Waals surface area contributed by atoms with Gasteiger partial charge in [-0.15, -0.1) is 0 Å². The number of benzene rings is 1. The van der Waals surface area contributed by atoms with Crippen LogP contribution in [0.2, 0.25) is 0 Å². The average Bonchev–Trinajstić information content (AvgIpc) is 2.28. The Bertz CT molecular complexity index is 517. The Labute approximate surface area is 105 Å². The van der Waals surface area contributed by atoms with Gasteiger partial charge < -0.3 is 0 Å². The highest BCUT2D eigenvalue weighted by molar-refractivity contribution is 7.88. The molecule has 0 aliphatic carbocycles. The van der Waals surface area contributed by atoms with Gasteiger partial charge in [0.2, 0.25) is 0 Å². The van der Waals surface area contributed by atoms with E-state index in [1.807, 2.05) is 13.8 Å². The van der Waals surface area contributed by atoms with Gasteiger partial charge >= 0.3 is 10.0 Å². The van der Waals surface area contributed by atoms with Crippen molar-refractivity contribution >= 4 is 15.7 Å². The largest absolute Gasteiger partial charge is 0.340 e. The number of hydrogen-bond donors (Lipinski definition) is 1. The fourth-order valence-corrected chi connectivity index (χ4v) is 1.43. The van der Waals surface area contributed by atoms with E-state index in [0.717, 1.165) is 18.4 Å². The molecule has 18 heavy (non-hydrogen) atoms. The molecule has 0 bridgehead atoms. The molecule has 0 saturated carbocycles. The molecule has 0 aliphatic rings. The highest BCUT2D eigenvalue weighted by Crippen LogP contribution is 2.16. The summed E-state index contributed by atoms with van der Waals surface area (Å²) in [5, 5.41) is 10.3. The second-order valence-corrected chi connectivity index (χ2v) is 5.05. The molecule has 102 valence electrons. The van der Waals surface area contributed by atoms with Crippen molar-refractivity contribution in [3.8, 4) is 0 Å². The lowest BCUT2D eigenvalue weighted by Gasteiger charge is -2.01. The monoisotopic (exact) mass is 279 g/mol. The van der Waals surface area contributed by atoms with Crippen molar-refractivity contribution in [1.29, 1.82) is 0 Å². The number of nitro groups is 1. The van der Waals surface area contributed by atoms with Crippen LogP contribution in [0.5, 0.6) is 0 Å². The summed E-state index contributed by atoms with van der Waals surface area (Å²) in [5.41, 5.74) is -0.267. The predicted octanol–water partition coefficient (Wildman–Crippen LogP) is 1.97. The van der Waals surface area contributed by atoms with Gasteiger partial charge in [0.05, 0.1) is 11.0 Å². The van der Waals surface area contributed by atoms with Crippen LogP contribution in [-0.4, -0.2) is 19.6 Å². The quantitative estimate of drug-likeness (QED) is 0.518. The average molecular weight is 279 g/mol. The number of nitro benzene ring substituents is 1. The van der Waals surface area contributed by atoms with Crippen molar-refractivity contribution in [2.24, 2.45) is 0 Å². The van der Waals surface area contributed by atoms with E-state index in [9.17, 15) is 18.7 Å². The number of rotatable bonds is 4. The molecular formula is C10H16FN2O4S+. The van der Waals surface area contributed by atoms with Gasteiger partial charge in [0.15, 0.2) is 0 Å². The van der Waals surface area contributed by atoms with Crippen LogP contribution in [0.25, 0.3) is 0 Å². The minimum atomic E-state index is -3.17. The van der Waals surface area contributed by atoms with Crippen molar-refractivity contribution in [3.63, 3.8) is 0 Å². The number of nitrogens with zero attached hydrogens (tertiary/aromatic N) is 1. The van der Waals surface area contributed by atoms with Crippen LogP contribution in [0.4, 0.5) is 10.1 Å². The third kappa shape index (κ3) is 5.69. The Kier molecular flexibility index (Phi) is 6.42. The van der Waals surface area contributed by atoms with Crippen LogP contribution in [-0.2, 0) is 16.6 Å². The van der Waals surface area contributed by atoms with E-state index >= 15 is 0 Å². The third-order valence-electron chi connectivity index (χ3n) is 1.78. The molecule has 1 aromatic rings. The summed E-state index contributed by atoms with van der Waals surface area (Å²) < 4.78 is 35.2. The van der Waals surface area contributed by atoms with Gasteiger partial charge in [-0.2, -0.15) is 8.93 Å². The molecular weight excluding hydrogens is 263 g/mol. The fraction of sp³-hybridized carbons (Fsp3) is 0.400. The topological polar surface area (TPSA) is 93.6 Å². The van der Waals surface area contributed by atoms with Gasteiger partial charge in [0.25, 0.3) is 5.69 Å². The van der Waals surface area contributed by atoms with Crippen LogP contribution in [0.3, 0.4) is 0 Å². The van der Waals surface area contributed by atoms with Crippen molar-refractivity contribution in [1.82, 2.24) is 4.72 Å². The second-order valence-electron chi connectivity index (χ2n) is 3.16. The van der Waals surface area contributed by atoms with Gasteiger partial charge in [0, 0.05) is 18.2 Å². The molecule has 1 unspecified atom stereocenters. The highest BCUT2D eigenvalue weighted by Gasteiger charge is 2.13. The minimum Gasteiger partial charge on any atom is -0.258 e. The Morgan fingerprint density at radius 3 is 2.44 bits per heavy atom. The first-order chi connectivity index (χ1) is 8.29. The molecule has 0 spiro atoms. The molecule has 0 radical (unpaired) electrons. The van der Waals surface area contributed by atoms with Crippen LogP contribution in [0, 0.1) is 15.9 Å². The van der Waals surface area contributed by atoms with E-state index in [2.05, 4.69) is 4.72 Å². The van der Waals surface area contributed by atoms with Gasteiger partial charge in [0.1, 0.15) is 12.1 Å². The maximum Gasteiger partial charge on any atom is 0.340 e. The van der Waals surface area contributed by atoms with E-state index < -0.39 is 20.8 Å². The lowest BCUT2D eigenvalue weighted by Crippen LogP contribution is -2.21. The summed E-state index contributed by atoms with van der Waals surface area (Å²) in [5.74, 6) is -0.787. The first kappa shape index (κ1) is 16.5. The van der Waals surface area contributed by atoms with Gasteiger partial charge in [-0.3, -0.25) is 10.1 Å². The fourth-order valence-electron chi connectivity index (χ4n) is 1.00. The Morgan fingerprint density at radius 1 is 1.50 bits per heavy atom. The van der Waals surface area contributed by atoms with Crippen LogP contribution >= 0.6 is 0 Å². The highest BCUT2D eigenvalue weighted by atomic mass is 32.2. The molecule has 8 heteroatoms. The zero-order valence-corrected chi connectivity index (χ0v) is 11.2. The van der Waals surface area contributed by atoms with Crippen molar-refractivity contribution in [2.75, 3.05) is 6.26 Å². The van der Waals surface area contributed by atoms with E-state index in [4.69, 9.17) is 4.21 Å². The van der Waals surface area contributed by atoms with E-state index in [1.165, 1.54) is 6.07 Å². The summed E-state index contributed by atoms with van der Waals surface area (Å²) in [6, 6.07) is 3.10. The summed E-state index contributed by atoms with van der Waals surface area (Å²) >= 11 is 0. The molecule has 0 amide bonds.